The van der Waals surface area contributed by atoms with Gasteiger partial charge in [0.1, 0.15) is 10.8 Å². The van der Waals surface area contributed by atoms with Gasteiger partial charge in [-0.3, -0.25) is 4.90 Å². The van der Waals surface area contributed by atoms with Gasteiger partial charge in [-0.25, -0.2) is 4.39 Å². The molecule has 7 heteroatoms. The monoisotopic (exact) mass is 320 g/mol. The molecule has 1 atom stereocenters. The minimum Gasteiger partial charge on any atom is -0.389 e. The summed E-state index contributed by atoms with van der Waals surface area (Å²) >= 11 is 4.83. The summed E-state index contributed by atoms with van der Waals surface area (Å²) in [5, 5.41) is 0. The van der Waals surface area contributed by atoms with Crippen LogP contribution in [-0.4, -0.2) is 29.2 Å². The van der Waals surface area contributed by atoms with Crippen molar-refractivity contribution in [3.63, 3.8) is 0 Å². The Labute approximate surface area is 125 Å². The van der Waals surface area contributed by atoms with E-state index in [2.05, 4.69) is 0 Å². The molecule has 1 heterocycles. The van der Waals surface area contributed by atoms with Gasteiger partial charge in [0.25, 0.3) is 0 Å². The molecule has 21 heavy (non-hydrogen) atoms. The van der Waals surface area contributed by atoms with Crippen molar-refractivity contribution in [1.82, 2.24) is 4.90 Å². The lowest BCUT2D eigenvalue weighted by Crippen LogP contribution is -2.41. The lowest BCUT2D eigenvalue weighted by atomic mass is 9.97. The van der Waals surface area contributed by atoms with E-state index >= 15 is 0 Å². The molecule has 2 rings (SSSR count). The highest BCUT2D eigenvalue weighted by molar-refractivity contribution is 7.80. The number of nitrogens with zero attached hydrogens (tertiary/aromatic N) is 1. The van der Waals surface area contributed by atoms with Gasteiger partial charge >= 0.3 is 6.18 Å². The predicted molar refractivity (Wildman–Crippen MR) is 76.3 cm³/mol. The first-order chi connectivity index (χ1) is 9.77. The lowest BCUT2D eigenvalue weighted by molar-refractivity contribution is -0.187. The molecular formula is C14H16F4N2S. The van der Waals surface area contributed by atoms with Gasteiger partial charge in [0.15, 0.2) is 0 Å². The minimum atomic E-state index is -4.20. The Kier molecular flexibility index (Phi) is 4.83. The second-order valence-corrected chi connectivity index (χ2v) is 5.73. The van der Waals surface area contributed by atoms with Gasteiger partial charge in [-0.15, -0.1) is 0 Å². The maximum absolute atomic E-state index is 13.8. The summed E-state index contributed by atoms with van der Waals surface area (Å²) in [6.45, 7) is 0.568. The van der Waals surface area contributed by atoms with E-state index in [1.54, 1.807) is 4.90 Å². The van der Waals surface area contributed by atoms with Crippen molar-refractivity contribution >= 4 is 17.2 Å². The molecule has 1 saturated heterocycles. The Morgan fingerprint density at radius 3 is 2.71 bits per heavy atom. The number of likely N-dealkylation sites (tertiary alicyclic amines) is 1. The van der Waals surface area contributed by atoms with E-state index in [4.69, 9.17) is 18.0 Å². The summed E-state index contributed by atoms with van der Waals surface area (Å²) in [5.41, 5.74) is 6.33. The Balaban J connectivity index is 2.11. The zero-order valence-electron chi connectivity index (χ0n) is 11.3. The third-order valence-corrected chi connectivity index (χ3v) is 3.93. The molecule has 0 aromatic heterocycles. The van der Waals surface area contributed by atoms with Gasteiger partial charge in [-0.1, -0.05) is 12.2 Å². The molecule has 0 amide bonds. The number of nitrogens with two attached hydrogens (primary N) is 1. The highest BCUT2D eigenvalue weighted by Gasteiger charge is 2.41. The fraction of sp³-hybridized carbons (Fsp3) is 0.500. The number of alkyl halides is 3. The average molecular weight is 320 g/mol. The number of hydrogen-bond donors (Lipinski definition) is 1. The molecule has 0 spiro atoms. The second kappa shape index (κ2) is 6.27. The van der Waals surface area contributed by atoms with E-state index in [9.17, 15) is 17.6 Å². The number of benzene rings is 1. The number of halogens is 4. The molecule has 0 bridgehead atoms. The average Bonchev–Trinajstić information content (AvgIpc) is 2.40. The molecule has 1 fully saturated rings. The Morgan fingerprint density at radius 2 is 2.10 bits per heavy atom. The van der Waals surface area contributed by atoms with E-state index in [1.165, 1.54) is 18.2 Å². The van der Waals surface area contributed by atoms with Gasteiger partial charge in [0.2, 0.25) is 0 Å². The highest BCUT2D eigenvalue weighted by atomic mass is 32.1. The van der Waals surface area contributed by atoms with Crippen LogP contribution in [0.25, 0.3) is 0 Å². The maximum Gasteiger partial charge on any atom is 0.393 e. The lowest BCUT2D eigenvalue weighted by Gasteiger charge is -2.33. The number of hydrogen-bond acceptors (Lipinski definition) is 2. The van der Waals surface area contributed by atoms with Gasteiger partial charge in [0.05, 0.1) is 5.92 Å². The summed E-state index contributed by atoms with van der Waals surface area (Å²) in [4.78, 5) is 1.77. The molecule has 2 N–H and O–H groups in total. The molecule has 1 aliphatic heterocycles. The summed E-state index contributed by atoms with van der Waals surface area (Å²) in [5.74, 6) is -1.79. The van der Waals surface area contributed by atoms with E-state index in [0.717, 1.165) is 0 Å². The SMILES string of the molecule is NC(=S)c1ccc(F)c(CN2CCCC(C(F)(F)F)C2)c1. The van der Waals surface area contributed by atoms with Crippen LogP contribution in [0.3, 0.4) is 0 Å². The first-order valence-corrected chi connectivity index (χ1v) is 7.05. The molecule has 1 aliphatic rings. The van der Waals surface area contributed by atoms with Crippen LogP contribution in [0, 0.1) is 11.7 Å². The first-order valence-electron chi connectivity index (χ1n) is 6.64. The first kappa shape index (κ1) is 16.2. The third kappa shape index (κ3) is 4.14. The number of piperidine rings is 1. The second-order valence-electron chi connectivity index (χ2n) is 5.29. The normalized spacial score (nSPS) is 20.5. The van der Waals surface area contributed by atoms with Crippen LogP contribution in [0.15, 0.2) is 18.2 Å². The van der Waals surface area contributed by atoms with Crippen molar-refractivity contribution in [3.8, 4) is 0 Å². The molecule has 116 valence electrons. The predicted octanol–water partition coefficient (Wildman–Crippen LogP) is 3.23. The Morgan fingerprint density at radius 1 is 1.38 bits per heavy atom. The maximum atomic E-state index is 13.8. The van der Waals surface area contributed by atoms with Gasteiger partial charge in [-0.05, 0) is 37.6 Å². The zero-order chi connectivity index (χ0) is 15.6. The van der Waals surface area contributed by atoms with Crippen molar-refractivity contribution in [2.45, 2.75) is 25.6 Å². The Hall–Kier alpha value is -1.21. The summed E-state index contributed by atoms with van der Waals surface area (Å²) in [6, 6.07) is 4.22. The zero-order valence-corrected chi connectivity index (χ0v) is 12.1. The van der Waals surface area contributed by atoms with Crippen LogP contribution in [0.4, 0.5) is 17.6 Å². The minimum absolute atomic E-state index is 0.0970. The van der Waals surface area contributed by atoms with Crippen LogP contribution in [0.2, 0.25) is 0 Å². The van der Waals surface area contributed by atoms with E-state index in [1.807, 2.05) is 0 Å². The molecule has 0 aliphatic carbocycles. The molecule has 2 nitrogen and oxygen atoms in total. The van der Waals surface area contributed by atoms with Gasteiger partial charge in [0, 0.05) is 24.2 Å². The smallest absolute Gasteiger partial charge is 0.389 e. The van der Waals surface area contributed by atoms with Crippen molar-refractivity contribution in [2.24, 2.45) is 11.7 Å². The quantitative estimate of drug-likeness (QED) is 0.685. The van der Waals surface area contributed by atoms with Crippen LogP contribution in [0.1, 0.15) is 24.0 Å². The molecule has 1 aromatic rings. The van der Waals surface area contributed by atoms with Crippen LogP contribution in [0.5, 0.6) is 0 Å². The van der Waals surface area contributed by atoms with E-state index < -0.39 is 17.9 Å². The van der Waals surface area contributed by atoms with Gasteiger partial charge < -0.3 is 5.73 Å². The molecule has 1 unspecified atom stereocenters. The Bertz CT molecular complexity index is 530. The molecule has 1 aromatic carbocycles. The summed E-state index contributed by atoms with van der Waals surface area (Å²) < 4.78 is 52.1. The van der Waals surface area contributed by atoms with Crippen molar-refractivity contribution in [2.75, 3.05) is 13.1 Å². The topological polar surface area (TPSA) is 29.3 Å². The van der Waals surface area contributed by atoms with Gasteiger partial charge in [-0.2, -0.15) is 13.2 Å². The molecule has 0 saturated carbocycles. The third-order valence-electron chi connectivity index (χ3n) is 3.69. The van der Waals surface area contributed by atoms with E-state index in [0.29, 0.717) is 24.1 Å². The fourth-order valence-electron chi connectivity index (χ4n) is 2.56. The standard InChI is InChI=1S/C14H16F4N2S/c15-12-4-3-9(13(19)21)6-10(12)7-20-5-1-2-11(8-20)14(16,17)18/h3-4,6,11H,1-2,5,7-8H2,(H2,19,21). The number of rotatable bonds is 3. The highest BCUT2D eigenvalue weighted by Crippen LogP contribution is 2.33. The van der Waals surface area contributed by atoms with Crippen LogP contribution in [-0.2, 0) is 6.54 Å². The van der Waals surface area contributed by atoms with E-state index in [-0.39, 0.29) is 24.5 Å². The summed E-state index contributed by atoms with van der Waals surface area (Å²) in [6.07, 6.45) is -3.60. The summed E-state index contributed by atoms with van der Waals surface area (Å²) in [7, 11) is 0. The van der Waals surface area contributed by atoms with Crippen LogP contribution >= 0.6 is 12.2 Å². The number of thiocarbonyl (C=S) groups is 1. The van der Waals surface area contributed by atoms with Crippen LogP contribution < -0.4 is 5.73 Å². The van der Waals surface area contributed by atoms with Crippen molar-refractivity contribution in [1.29, 1.82) is 0 Å². The molecule has 0 radical (unpaired) electrons. The fourth-order valence-corrected chi connectivity index (χ4v) is 2.68. The largest absolute Gasteiger partial charge is 0.393 e. The van der Waals surface area contributed by atoms with Crippen molar-refractivity contribution in [3.05, 3.63) is 35.1 Å². The van der Waals surface area contributed by atoms with Crippen molar-refractivity contribution < 1.29 is 17.6 Å². The molecular weight excluding hydrogens is 304 g/mol.